The van der Waals surface area contributed by atoms with E-state index < -0.39 is 0 Å². The minimum Gasteiger partial charge on any atom is -0.472 e. The van der Waals surface area contributed by atoms with Gasteiger partial charge in [-0.05, 0) is 25.1 Å². The minimum absolute atomic E-state index is 0.0897. The quantitative estimate of drug-likeness (QED) is 0.823. The van der Waals surface area contributed by atoms with E-state index in [1.54, 1.807) is 30.3 Å². The van der Waals surface area contributed by atoms with Crippen molar-refractivity contribution in [3.63, 3.8) is 0 Å². The van der Waals surface area contributed by atoms with E-state index in [4.69, 9.17) is 4.42 Å². The number of anilines is 1. The van der Waals surface area contributed by atoms with Crippen LogP contribution in [0.2, 0.25) is 0 Å². The standard InChI is InChI=1S/C13H11NO3/c1-9(15)11-4-2-3-5-12(11)14-13(16)10-6-7-17-8-10/h2-8H,1H3,(H,14,16). The normalized spacial score (nSPS) is 9.94. The fraction of sp³-hybridized carbons (Fsp3) is 0.0769. The smallest absolute Gasteiger partial charge is 0.258 e. The predicted molar refractivity (Wildman–Crippen MR) is 63.1 cm³/mol. The molecule has 1 N–H and O–H groups in total. The number of Topliss-reactive ketones (excluding diaryl/α,β-unsaturated/α-hetero) is 1. The summed E-state index contributed by atoms with van der Waals surface area (Å²) in [6.45, 7) is 1.46. The van der Waals surface area contributed by atoms with Gasteiger partial charge >= 0.3 is 0 Å². The van der Waals surface area contributed by atoms with Crippen molar-refractivity contribution >= 4 is 17.4 Å². The van der Waals surface area contributed by atoms with Crippen LogP contribution >= 0.6 is 0 Å². The Bertz CT molecular complexity index is 544. The van der Waals surface area contributed by atoms with E-state index in [9.17, 15) is 9.59 Å². The van der Waals surface area contributed by atoms with Crippen LogP contribution in [0.3, 0.4) is 0 Å². The molecule has 1 amide bonds. The number of amides is 1. The fourth-order valence-electron chi connectivity index (χ4n) is 1.49. The summed E-state index contributed by atoms with van der Waals surface area (Å²) < 4.78 is 4.82. The molecule has 2 aromatic rings. The van der Waals surface area contributed by atoms with Gasteiger partial charge in [-0.15, -0.1) is 0 Å². The van der Waals surface area contributed by atoms with Crippen LogP contribution in [0, 0.1) is 0 Å². The number of furan rings is 1. The van der Waals surface area contributed by atoms with Gasteiger partial charge in [0, 0.05) is 5.56 Å². The van der Waals surface area contributed by atoms with Gasteiger partial charge in [0.1, 0.15) is 6.26 Å². The molecule has 0 atom stereocenters. The van der Waals surface area contributed by atoms with Crippen molar-refractivity contribution in [1.82, 2.24) is 0 Å². The van der Waals surface area contributed by atoms with E-state index in [-0.39, 0.29) is 11.7 Å². The number of carbonyl (C=O) groups excluding carboxylic acids is 2. The molecule has 0 aliphatic carbocycles. The number of rotatable bonds is 3. The lowest BCUT2D eigenvalue weighted by atomic mass is 10.1. The van der Waals surface area contributed by atoms with Crippen LogP contribution in [0.5, 0.6) is 0 Å². The Morgan fingerprint density at radius 1 is 1.18 bits per heavy atom. The van der Waals surface area contributed by atoms with E-state index >= 15 is 0 Å². The van der Waals surface area contributed by atoms with E-state index in [0.717, 1.165) is 0 Å². The van der Waals surface area contributed by atoms with Crippen LogP contribution in [-0.2, 0) is 0 Å². The van der Waals surface area contributed by atoms with Gasteiger partial charge in [-0.25, -0.2) is 0 Å². The zero-order valence-corrected chi connectivity index (χ0v) is 9.27. The molecule has 0 radical (unpaired) electrons. The molecule has 0 spiro atoms. The van der Waals surface area contributed by atoms with Crippen molar-refractivity contribution < 1.29 is 14.0 Å². The third-order valence-electron chi connectivity index (χ3n) is 2.34. The highest BCUT2D eigenvalue weighted by atomic mass is 16.3. The molecule has 0 fully saturated rings. The van der Waals surface area contributed by atoms with Gasteiger partial charge in [0.25, 0.3) is 5.91 Å². The van der Waals surface area contributed by atoms with E-state index in [2.05, 4.69) is 5.32 Å². The van der Waals surface area contributed by atoms with Crippen molar-refractivity contribution in [2.75, 3.05) is 5.32 Å². The Morgan fingerprint density at radius 2 is 1.94 bits per heavy atom. The highest BCUT2D eigenvalue weighted by molar-refractivity contribution is 6.08. The number of carbonyl (C=O) groups is 2. The molecule has 4 nitrogen and oxygen atoms in total. The van der Waals surface area contributed by atoms with Gasteiger partial charge in [-0.3, -0.25) is 9.59 Å². The van der Waals surface area contributed by atoms with Gasteiger partial charge in [0.2, 0.25) is 0 Å². The molecular formula is C13H11NO3. The van der Waals surface area contributed by atoms with Gasteiger partial charge in [0.05, 0.1) is 17.5 Å². The zero-order chi connectivity index (χ0) is 12.3. The average Bonchev–Trinajstić information content (AvgIpc) is 2.83. The summed E-state index contributed by atoms with van der Waals surface area (Å²) in [5.74, 6) is -0.388. The average molecular weight is 229 g/mol. The summed E-state index contributed by atoms with van der Waals surface area (Å²) in [5.41, 5.74) is 1.42. The summed E-state index contributed by atoms with van der Waals surface area (Å²) in [5, 5.41) is 2.67. The number of para-hydroxylation sites is 1. The van der Waals surface area contributed by atoms with Crippen molar-refractivity contribution in [3.8, 4) is 0 Å². The molecule has 0 bridgehead atoms. The molecule has 1 aromatic heterocycles. The first kappa shape index (κ1) is 11.1. The van der Waals surface area contributed by atoms with Gasteiger partial charge < -0.3 is 9.73 Å². The molecule has 4 heteroatoms. The first-order chi connectivity index (χ1) is 8.18. The number of nitrogens with one attached hydrogen (secondary N) is 1. The second-order valence-electron chi connectivity index (χ2n) is 3.57. The highest BCUT2D eigenvalue weighted by Gasteiger charge is 2.11. The van der Waals surface area contributed by atoms with E-state index in [1.165, 1.54) is 19.5 Å². The van der Waals surface area contributed by atoms with Gasteiger partial charge in [0.15, 0.2) is 5.78 Å². The van der Waals surface area contributed by atoms with Gasteiger partial charge in [-0.1, -0.05) is 12.1 Å². The molecule has 0 saturated carbocycles. The third-order valence-corrected chi connectivity index (χ3v) is 2.34. The molecular weight excluding hydrogens is 218 g/mol. The lowest BCUT2D eigenvalue weighted by molar-refractivity contribution is 0.101. The second-order valence-corrected chi connectivity index (χ2v) is 3.57. The SMILES string of the molecule is CC(=O)c1ccccc1NC(=O)c1ccoc1. The predicted octanol–water partition coefficient (Wildman–Crippen LogP) is 2.73. The Morgan fingerprint density at radius 3 is 2.59 bits per heavy atom. The molecule has 0 saturated heterocycles. The van der Waals surface area contributed by atoms with Crippen LogP contribution in [0.1, 0.15) is 27.6 Å². The van der Waals surface area contributed by atoms with Crippen LogP contribution in [0.4, 0.5) is 5.69 Å². The van der Waals surface area contributed by atoms with Crippen molar-refractivity contribution in [2.24, 2.45) is 0 Å². The second kappa shape index (κ2) is 4.65. The molecule has 1 heterocycles. The third kappa shape index (κ3) is 2.42. The van der Waals surface area contributed by atoms with Crippen molar-refractivity contribution in [3.05, 3.63) is 54.0 Å². The first-order valence-corrected chi connectivity index (χ1v) is 5.12. The van der Waals surface area contributed by atoms with E-state index in [1.807, 2.05) is 0 Å². The first-order valence-electron chi connectivity index (χ1n) is 5.12. The Hall–Kier alpha value is -2.36. The molecule has 17 heavy (non-hydrogen) atoms. The molecule has 0 aliphatic rings. The van der Waals surface area contributed by atoms with Gasteiger partial charge in [-0.2, -0.15) is 0 Å². The largest absolute Gasteiger partial charge is 0.472 e. The zero-order valence-electron chi connectivity index (χ0n) is 9.27. The number of ketones is 1. The van der Waals surface area contributed by atoms with Crippen LogP contribution in [0.15, 0.2) is 47.3 Å². The maximum Gasteiger partial charge on any atom is 0.258 e. The molecule has 2 rings (SSSR count). The van der Waals surface area contributed by atoms with Crippen LogP contribution in [0.25, 0.3) is 0 Å². The lowest BCUT2D eigenvalue weighted by Gasteiger charge is -2.07. The van der Waals surface area contributed by atoms with Crippen molar-refractivity contribution in [2.45, 2.75) is 6.92 Å². The number of hydrogen-bond donors (Lipinski definition) is 1. The Balaban J connectivity index is 2.25. The maximum atomic E-state index is 11.8. The molecule has 0 aliphatic heterocycles. The summed E-state index contributed by atoms with van der Waals surface area (Å²) in [7, 11) is 0. The number of hydrogen-bond acceptors (Lipinski definition) is 3. The molecule has 0 unspecified atom stereocenters. The Labute approximate surface area is 98.3 Å². The summed E-state index contributed by atoms with van der Waals surface area (Å²) in [6.07, 6.45) is 2.78. The summed E-state index contributed by atoms with van der Waals surface area (Å²) in [4.78, 5) is 23.1. The highest BCUT2D eigenvalue weighted by Crippen LogP contribution is 2.16. The summed E-state index contributed by atoms with van der Waals surface area (Å²) >= 11 is 0. The Kier molecular flexibility index (Phi) is 3.05. The molecule has 86 valence electrons. The van der Waals surface area contributed by atoms with Crippen molar-refractivity contribution in [1.29, 1.82) is 0 Å². The van der Waals surface area contributed by atoms with Crippen LogP contribution in [-0.4, -0.2) is 11.7 Å². The summed E-state index contributed by atoms with van der Waals surface area (Å²) in [6, 6.07) is 8.44. The molecule has 1 aromatic carbocycles. The lowest BCUT2D eigenvalue weighted by Crippen LogP contribution is -2.13. The minimum atomic E-state index is -0.299. The topological polar surface area (TPSA) is 59.3 Å². The van der Waals surface area contributed by atoms with Crippen LogP contribution < -0.4 is 5.32 Å². The maximum absolute atomic E-state index is 11.8. The number of benzene rings is 1. The monoisotopic (exact) mass is 229 g/mol. The van der Waals surface area contributed by atoms with E-state index in [0.29, 0.717) is 16.8 Å². The fourth-order valence-corrected chi connectivity index (χ4v) is 1.49.